The zero-order valence-electron chi connectivity index (χ0n) is 19.7. The molecule has 3 nitrogen and oxygen atoms in total. The van der Waals surface area contributed by atoms with Gasteiger partial charge in [-0.25, -0.2) is 0 Å². The first-order valence-electron chi connectivity index (χ1n) is 10.8. The monoisotopic (exact) mass is 783 g/mol. The van der Waals surface area contributed by atoms with Crippen molar-refractivity contribution in [2.45, 2.75) is 46.6 Å². The maximum Gasteiger partial charge on any atom is 0.358 e. The molecule has 0 aliphatic carbocycles. The van der Waals surface area contributed by atoms with Gasteiger partial charge in [0.2, 0.25) is 0 Å². The van der Waals surface area contributed by atoms with Crippen molar-refractivity contribution >= 4 is 45.2 Å². The molecule has 6 heteroatoms. The number of hydrogen-bond donors (Lipinski definition) is 0. The van der Waals surface area contributed by atoms with E-state index in [0.717, 1.165) is 24.2 Å². The van der Waals surface area contributed by atoms with E-state index in [2.05, 4.69) is 127 Å². The van der Waals surface area contributed by atoms with Crippen LogP contribution in [0, 0.1) is 21.2 Å². The minimum absolute atomic E-state index is 0.193. The van der Waals surface area contributed by atoms with E-state index in [-0.39, 0.29) is 33.4 Å². The van der Waals surface area contributed by atoms with Crippen LogP contribution >= 0.6 is 45.2 Å². The Bertz CT molecular complexity index is 1050. The molecule has 0 fully saturated rings. The Morgan fingerprint density at radius 1 is 0.879 bits per heavy atom. The highest BCUT2D eigenvalue weighted by atomic mass is 127. The largest absolute Gasteiger partial charge is 0.489 e. The van der Waals surface area contributed by atoms with Crippen molar-refractivity contribution in [1.29, 1.82) is 0 Å². The summed E-state index contributed by atoms with van der Waals surface area (Å²) in [5.41, 5.74) is 4.00. The third-order valence-electron chi connectivity index (χ3n) is 5.00. The summed E-state index contributed by atoms with van der Waals surface area (Å²) in [7, 11) is 0. The number of ether oxygens (including phenoxy) is 3. The molecule has 0 aromatic heterocycles. The molecule has 0 aliphatic rings. The molecule has 0 radical (unpaired) electrons. The fourth-order valence-electron chi connectivity index (χ4n) is 3.13. The number of benzene rings is 3. The third-order valence-corrected chi connectivity index (χ3v) is 9.74. The summed E-state index contributed by atoms with van der Waals surface area (Å²) in [5, 5.41) is 0. The van der Waals surface area contributed by atoms with E-state index in [4.69, 9.17) is 14.2 Å². The Hall–Kier alpha value is -0.590. The molecular weight excluding hydrogens is 753 g/mol. The first-order valence-corrected chi connectivity index (χ1v) is 15.2. The van der Waals surface area contributed by atoms with E-state index in [1.165, 1.54) is 18.3 Å². The lowest BCUT2D eigenvalue weighted by molar-refractivity contribution is -0.598. The lowest BCUT2D eigenvalue weighted by atomic mass is 9.87. The van der Waals surface area contributed by atoms with Crippen LogP contribution in [0.15, 0.2) is 54.6 Å². The van der Waals surface area contributed by atoms with Gasteiger partial charge in [0.05, 0.1) is 7.14 Å². The summed E-state index contributed by atoms with van der Waals surface area (Å²) in [6.07, 6.45) is 0. The Morgan fingerprint density at radius 3 is 2.12 bits per heavy atom. The molecular formula is C27H30I3O3+. The second-order valence-corrected chi connectivity index (χ2v) is 14.0. The summed E-state index contributed by atoms with van der Waals surface area (Å²) < 4.78 is 22.2. The summed E-state index contributed by atoms with van der Waals surface area (Å²) in [5.74, 6) is 1.78. The molecule has 0 saturated carbocycles. The van der Waals surface area contributed by atoms with Gasteiger partial charge in [0.1, 0.15) is 18.1 Å². The van der Waals surface area contributed by atoms with Gasteiger partial charge in [-0.1, -0.05) is 32.9 Å². The van der Waals surface area contributed by atoms with Gasteiger partial charge in [-0.3, -0.25) is 0 Å². The van der Waals surface area contributed by atoms with Gasteiger partial charge in [-0.2, -0.15) is 0 Å². The molecule has 0 saturated heterocycles. The highest BCUT2D eigenvalue weighted by Gasteiger charge is 2.21. The summed E-state index contributed by atoms with van der Waals surface area (Å²) >= 11 is 4.40. The summed E-state index contributed by atoms with van der Waals surface area (Å²) in [4.78, 5) is 0. The lowest BCUT2D eigenvalue weighted by Crippen LogP contribution is -3.61. The number of rotatable bonds is 9. The maximum atomic E-state index is 6.12. The van der Waals surface area contributed by atoms with Crippen LogP contribution in [0.4, 0.5) is 0 Å². The molecule has 176 valence electrons. The third kappa shape index (κ3) is 7.96. The zero-order chi connectivity index (χ0) is 24.0. The topological polar surface area (TPSA) is 27.7 Å². The molecule has 3 aromatic carbocycles. The molecule has 3 rings (SSSR count). The van der Waals surface area contributed by atoms with Crippen molar-refractivity contribution in [2.75, 3.05) is 13.4 Å². The van der Waals surface area contributed by atoms with Crippen molar-refractivity contribution < 1.29 is 35.4 Å². The Kier molecular flexibility index (Phi) is 10.1. The van der Waals surface area contributed by atoms with Crippen LogP contribution in [0.2, 0.25) is 0 Å². The molecule has 0 spiro atoms. The second kappa shape index (κ2) is 12.4. The van der Waals surface area contributed by atoms with Gasteiger partial charge in [0, 0.05) is 12.2 Å². The van der Waals surface area contributed by atoms with Crippen LogP contribution in [0.1, 0.15) is 44.4 Å². The van der Waals surface area contributed by atoms with E-state index < -0.39 is 0 Å². The van der Waals surface area contributed by atoms with E-state index in [9.17, 15) is 0 Å². The standard InChI is InChI=1S/C27H30I3O3/c1-6-31-17-33-26-23(28)14-19(15-24(26)29)16-32-22-11-12-25(18(2)13-22)30-21-9-7-20(8-10-21)27(3,4)5/h7-15H,6,16-17H2,1-5H3/q+1. The van der Waals surface area contributed by atoms with Crippen molar-refractivity contribution in [3.05, 3.63) is 85.6 Å². The normalized spacial score (nSPS) is 11.5. The number of hydrogen-bond acceptors (Lipinski definition) is 3. The molecule has 0 bridgehead atoms. The van der Waals surface area contributed by atoms with Crippen LogP contribution in [0.3, 0.4) is 0 Å². The average Bonchev–Trinajstić information content (AvgIpc) is 2.76. The Labute approximate surface area is 235 Å². The number of halogens is 3. The molecule has 33 heavy (non-hydrogen) atoms. The minimum Gasteiger partial charge on any atom is -0.489 e. The predicted molar refractivity (Wildman–Crippen MR) is 147 cm³/mol. The van der Waals surface area contributed by atoms with Crippen LogP contribution in [-0.4, -0.2) is 13.4 Å². The first-order chi connectivity index (χ1) is 15.7. The van der Waals surface area contributed by atoms with Gasteiger partial charge < -0.3 is 14.2 Å². The summed E-state index contributed by atoms with van der Waals surface area (Å²) in [6, 6.07) is 19.8. The van der Waals surface area contributed by atoms with Crippen LogP contribution in [0.25, 0.3) is 0 Å². The lowest BCUT2D eigenvalue weighted by Gasteiger charge is -2.18. The maximum absolute atomic E-state index is 6.12. The van der Waals surface area contributed by atoms with Crippen molar-refractivity contribution in [1.82, 2.24) is 0 Å². The highest BCUT2D eigenvalue weighted by Crippen LogP contribution is 2.29. The first kappa shape index (κ1) is 27.0. The zero-order valence-corrected chi connectivity index (χ0v) is 26.1. The van der Waals surface area contributed by atoms with E-state index in [0.29, 0.717) is 13.2 Å². The van der Waals surface area contributed by atoms with Crippen molar-refractivity contribution in [3.63, 3.8) is 0 Å². The van der Waals surface area contributed by atoms with Gasteiger partial charge in [0.15, 0.2) is 13.9 Å². The summed E-state index contributed by atoms with van der Waals surface area (Å²) in [6.45, 7) is 12.4. The van der Waals surface area contributed by atoms with E-state index in [1.54, 1.807) is 0 Å². The quantitative estimate of drug-likeness (QED) is 0.181. The molecule has 0 amide bonds. The van der Waals surface area contributed by atoms with E-state index >= 15 is 0 Å². The molecule has 0 heterocycles. The number of aryl methyl sites for hydroxylation is 1. The van der Waals surface area contributed by atoms with Crippen LogP contribution in [0.5, 0.6) is 11.5 Å². The molecule has 0 aliphatic heterocycles. The molecule has 0 N–H and O–H groups in total. The molecule has 0 atom stereocenters. The van der Waals surface area contributed by atoms with Gasteiger partial charge in [-0.05, 0) is 118 Å². The predicted octanol–water partition coefficient (Wildman–Crippen LogP) is 4.58. The second-order valence-electron chi connectivity index (χ2n) is 8.69. The van der Waals surface area contributed by atoms with Gasteiger partial charge >= 0.3 is 21.2 Å². The van der Waals surface area contributed by atoms with Crippen molar-refractivity contribution in [3.8, 4) is 11.5 Å². The SMILES string of the molecule is CCOCOc1c(I)cc(COc2ccc([I+]c3ccc(C(C)(C)C)cc3)c(C)c2)cc1I. The highest BCUT2D eigenvalue weighted by molar-refractivity contribution is 14.1. The Balaban J connectivity index is 1.62. The average molecular weight is 783 g/mol. The smallest absolute Gasteiger partial charge is 0.358 e. The van der Waals surface area contributed by atoms with Crippen LogP contribution in [-0.2, 0) is 16.8 Å². The van der Waals surface area contributed by atoms with Crippen LogP contribution < -0.4 is 30.7 Å². The molecule has 0 unspecified atom stereocenters. The Morgan fingerprint density at radius 2 is 1.55 bits per heavy atom. The minimum atomic E-state index is -0.211. The van der Waals surface area contributed by atoms with E-state index in [1.807, 2.05) is 6.92 Å². The van der Waals surface area contributed by atoms with Crippen molar-refractivity contribution in [2.24, 2.45) is 0 Å². The fraction of sp³-hybridized carbons (Fsp3) is 0.333. The van der Waals surface area contributed by atoms with Gasteiger partial charge in [-0.15, -0.1) is 0 Å². The molecule has 3 aromatic rings. The fourth-order valence-corrected chi connectivity index (χ4v) is 7.67. The van der Waals surface area contributed by atoms with Gasteiger partial charge in [0.25, 0.3) is 0 Å².